The molecule has 3 fully saturated rings. The summed E-state index contributed by atoms with van der Waals surface area (Å²) in [5.41, 5.74) is 5.41. The SMILES string of the molecule is CCn1nc(C2CCN(CC3CN(C(C(=O)O)C4CCCCC4)CC3c3ccccc3)CC2)cc1-c1ccc(C#N)cc1. The first kappa shape index (κ1) is 29.6. The number of nitrogens with zero attached hydrogens (tertiary/aromatic N) is 5. The Balaban J connectivity index is 1.13. The standard InChI is InChI=1S/C36H45N5O2/c1-2-41-34(29-15-13-26(22-37)14-16-29)21-33(38-41)28-17-19-39(20-18-28)23-31-24-40(25-32(31)27-9-5-3-6-10-27)35(36(42)43)30-11-7-4-8-12-30/h3,5-6,9-10,13-16,21,28,30-32,35H,2,4,7-8,11-12,17-20,23-25H2,1H3,(H,42,43). The Morgan fingerprint density at radius 1 is 1.00 bits per heavy atom. The minimum Gasteiger partial charge on any atom is -0.480 e. The molecule has 3 aliphatic rings. The van der Waals surface area contributed by atoms with E-state index in [1.165, 1.54) is 17.7 Å². The molecule has 7 nitrogen and oxygen atoms in total. The molecule has 1 N–H and O–H groups in total. The van der Waals surface area contributed by atoms with E-state index in [1.54, 1.807) is 0 Å². The third-order valence-corrected chi connectivity index (χ3v) is 10.3. The highest BCUT2D eigenvalue weighted by atomic mass is 16.4. The van der Waals surface area contributed by atoms with Gasteiger partial charge in [-0.1, -0.05) is 61.7 Å². The van der Waals surface area contributed by atoms with Crippen LogP contribution in [0.3, 0.4) is 0 Å². The van der Waals surface area contributed by atoms with Crippen LogP contribution in [-0.4, -0.2) is 69.4 Å². The molecule has 0 bridgehead atoms. The van der Waals surface area contributed by atoms with E-state index < -0.39 is 5.97 Å². The summed E-state index contributed by atoms with van der Waals surface area (Å²) in [6.07, 6.45) is 7.82. The van der Waals surface area contributed by atoms with Crippen LogP contribution in [0.5, 0.6) is 0 Å². The summed E-state index contributed by atoms with van der Waals surface area (Å²) in [4.78, 5) is 17.5. The van der Waals surface area contributed by atoms with Crippen molar-refractivity contribution in [2.75, 3.05) is 32.7 Å². The summed E-state index contributed by atoms with van der Waals surface area (Å²) in [7, 11) is 0. The third kappa shape index (κ3) is 6.56. The van der Waals surface area contributed by atoms with Crippen LogP contribution in [0.4, 0.5) is 0 Å². The van der Waals surface area contributed by atoms with E-state index >= 15 is 0 Å². The average Bonchev–Trinajstić information content (AvgIpc) is 3.67. The van der Waals surface area contributed by atoms with Gasteiger partial charge in [-0.2, -0.15) is 10.4 Å². The van der Waals surface area contributed by atoms with Crippen molar-refractivity contribution in [1.29, 1.82) is 5.26 Å². The van der Waals surface area contributed by atoms with Gasteiger partial charge in [-0.25, -0.2) is 0 Å². The average molecular weight is 580 g/mol. The molecule has 226 valence electrons. The summed E-state index contributed by atoms with van der Waals surface area (Å²) < 4.78 is 2.09. The minimum absolute atomic E-state index is 0.272. The highest BCUT2D eigenvalue weighted by Gasteiger charge is 2.43. The highest BCUT2D eigenvalue weighted by Crippen LogP contribution is 2.39. The van der Waals surface area contributed by atoms with Crippen LogP contribution in [0.15, 0.2) is 60.7 Å². The van der Waals surface area contributed by atoms with Crippen LogP contribution in [0.2, 0.25) is 0 Å². The van der Waals surface area contributed by atoms with Gasteiger partial charge in [0.25, 0.3) is 0 Å². The predicted molar refractivity (Wildman–Crippen MR) is 169 cm³/mol. The van der Waals surface area contributed by atoms with Crippen LogP contribution >= 0.6 is 0 Å². The summed E-state index contributed by atoms with van der Waals surface area (Å²) in [6.45, 7) is 7.74. The number of nitriles is 1. The monoisotopic (exact) mass is 579 g/mol. The molecule has 6 rings (SSSR count). The van der Waals surface area contributed by atoms with E-state index in [0.29, 0.717) is 23.3 Å². The van der Waals surface area contributed by atoms with Crippen molar-refractivity contribution < 1.29 is 9.90 Å². The number of carboxylic acid groups (broad SMARTS) is 1. The zero-order valence-corrected chi connectivity index (χ0v) is 25.4. The van der Waals surface area contributed by atoms with Crippen LogP contribution in [0, 0.1) is 23.2 Å². The maximum atomic E-state index is 12.6. The van der Waals surface area contributed by atoms with Gasteiger partial charge in [-0.3, -0.25) is 14.4 Å². The zero-order valence-electron chi connectivity index (χ0n) is 25.4. The topological polar surface area (TPSA) is 85.4 Å². The Bertz CT molecular complexity index is 1400. The van der Waals surface area contributed by atoms with E-state index in [9.17, 15) is 15.2 Å². The fraction of sp³-hybridized carbons (Fsp3) is 0.528. The van der Waals surface area contributed by atoms with Crippen LogP contribution in [0.25, 0.3) is 11.3 Å². The summed E-state index contributed by atoms with van der Waals surface area (Å²) >= 11 is 0. The number of hydrogen-bond acceptors (Lipinski definition) is 5. The van der Waals surface area contributed by atoms with E-state index in [0.717, 1.165) is 89.1 Å². The van der Waals surface area contributed by atoms with Gasteiger partial charge in [0, 0.05) is 38.0 Å². The zero-order chi connectivity index (χ0) is 29.8. The molecule has 3 aromatic rings. The molecule has 1 aromatic heterocycles. The summed E-state index contributed by atoms with van der Waals surface area (Å²) in [6, 6.07) is 22.7. The molecule has 3 atom stereocenters. The van der Waals surface area contributed by atoms with Gasteiger partial charge < -0.3 is 10.0 Å². The third-order valence-electron chi connectivity index (χ3n) is 10.3. The van der Waals surface area contributed by atoms with Crippen molar-refractivity contribution in [3.05, 3.63) is 77.5 Å². The van der Waals surface area contributed by atoms with Crippen LogP contribution in [0.1, 0.15) is 80.5 Å². The lowest BCUT2D eigenvalue weighted by Gasteiger charge is -2.35. The first-order valence-corrected chi connectivity index (χ1v) is 16.4. The van der Waals surface area contributed by atoms with Gasteiger partial charge in [0.1, 0.15) is 6.04 Å². The van der Waals surface area contributed by atoms with Gasteiger partial charge in [-0.15, -0.1) is 0 Å². The smallest absolute Gasteiger partial charge is 0.321 e. The van der Waals surface area contributed by atoms with E-state index in [2.05, 4.69) is 63.9 Å². The largest absolute Gasteiger partial charge is 0.480 e. The van der Waals surface area contributed by atoms with Crippen molar-refractivity contribution in [3.8, 4) is 17.3 Å². The fourth-order valence-corrected chi connectivity index (χ4v) is 8.07. The summed E-state index contributed by atoms with van der Waals surface area (Å²) in [5.74, 6) is 0.862. The Labute approximate surface area is 256 Å². The van der Waals surface area contributed by atoms with Gasteiger partial charge in [-0.05, 0) is 86.9 Å². The van der Waals surface area contributed by atoms with Crippen molar-refractivity contribution >= 4 is 5.97 Å². The molecule has 0 amide bonds. The number of carboxylic acids is 1. The molecule has 1 saturated carbocycles. The van der Waals surface area contributed by atoms with Gasteiger partial charge in [0.05, 0.1) is 23.0 Å². The molecule has 0 radical (unpaired) electrons. The number of aliphatic carboxylic acids is 1. The number of benzene rings is 2. The number of likely N-dealkylation sites (tertiary alicyclic amines) is 2. The number of rotatable bonds is 9. The van der Waals surface area contributed by atoms with E-state index in [4.69, 9.17) is 5.10 Å². The van der Waals surface area contributed by atoms with E-state index in [1.807, 2.05) is 24.3 Å². The first-order valence-electron chi connectivity index (χ1n) is 16.4. The second kappa shape index (κ2) is 13.4. The molecule has 2 aliphatic heterocycles. The number of aryl methyl sites for hydroxylation is 1. The molecule has 1 aliphatic carbocycles. The van der Waals surface area contributed by atoms with Gasteiger partial charge >= 0.3 is 5.97 Å². The first-order chi connectivity index (χ1) is 21.0. The predicted octanol–water partition coefficient (Wildman–Crippen LogP) is 6.37. The Kier molecular flexibility index (Phi) is 9.25. The maximum absolute atomic E-state index is 12.6. The number of aromatic nitrogens is 2. The maximum Gasteiger partial charge on any atom is 0.321 e. The molecule has 3 unspecified atom stereocenters. The lowest BCUT2D eigenvalue weighted by atomic mass is 9.83. The molecular weight excluding hydrogens is 534 g/mol. The van der Waals surface area contributed by atoms with Crippen molar-refractivity contribution in [2.24, 2.45) is 11.8 Å². The lowest BCUT2D eigenvalue weighted by molar-refractivity contribution is -0.145. The van der Waals surface area contributed by atoms with Gasteiger partial charge in [0.2, 0.25) is 0 Å². The Morgan fingerprint density at radius 3 is 2.37 bits per heavy atom. The van der Waals surface area contributed by atoms with Crippen molar-refractivity contribution in [3.63, 3.8) is 0 Å². The second-order valence-corrected chi connectivity index (χ2v) is 12.9. The Morgan fingerprint density at radius 2 is 1.72 bits per heavy atom. The van der Waals surface area contributed by atoms with Crippen LogP contribution in [-0.2, 0) is 11.3 Å². The minimum atomic E-state index is -0.632. The number of carbonyl (C=O) groups is 1. The normalized spacial score (nSPS) is 23.3. The number of piperidine rings is 1. The fourth-order valence-electron chi connectivity index (χ4n) is 8.07. The van der Waals surface area contributed by atoms with Gasteiger partial charge in [0.15, 0.2) is 0 Å². The Hall–Kier alpha value is -3.47. The molecule has 2 saturated heterocycles. The molecule has 2 aromatic carbocycles. The molecule has 43 heavy (non-hydrogen) atoms. The molecule has 0 spiro atoms. The highest BCUT2D eigenvalue weighted by molar-refractivity contribution is 5.74. The lowest BCUT2D eigenvalue weighted by Crippen LogP contribution is -2.46. The van der Waals surface area contributed by atoms with Crippen LogP contribution < -0.4 is 0 Å². The van der Waals surface area contributed by atoms with Crippen molar-refractivity contribution in [2.45, 2.75) is 76.3 Å². The number of hydrogen-bond donors (Lipinski definition) is 1. The van der Waals surface area contributed by atoms with E-state index in [-0.39, 0.29) is 12.0 Å². The molecule has 3 heterocycles. The van der Waals surface area contributed by atoms with Crippen molar-refractivity contribution in [1.82, 2.24) is 19.6 Å². The summed E-state index contributed by atoms with van der Waals surface area (Å²) in [5, 5.41) is 24.5. The molecular formula is C36H45N5O2. The quantitative estimate of drug-likeness (QED) is 0.317. The molecule has 7 heteroatoms. The second-order valence-electron chi connectivity index (χ2n) is 12.9.